The molecule has 0 aliphatic carbocycles. The Labute approximate surface area is 160 Å². The number of likely N-dealkylation sites (tertiary alicyclic amines) is 1. The van der Waals surface area contributed by atoms with Crippen LogP contribution in [-0.4, -0.2) is 46.0 Å². The topological polar surface area (TPSA) is 62.5 Å². The summed E-state index contributed by atoms with van der Waals surface area (Å²) in [6.07, 6.45) is 1.51. The zero-order valence-corrected chi connectivity index (χ0v) is 16.4. The molecule has 5 nitrogen and oxygen atoms in total. The van der Waals surface area contributed by atoms with E-state index in [-0.39, 0.29) is 12.3 Å². The molecule has 5 heteroatoms. The van der Waals surface area contributed by atoms with Gasteiger partial charge in [0.1, 0.15) is 0 Å². The van der Waals surface area contributed by atoms with E-state index in [2.05, 4.69) is 16.7 Å². The SMILES string of the molecule is Cc1cc(C(=O)CN2CCC(C)(C(=O)O)C2)c(C)n1CCc1ccccc1. The quantitative estimate of drug-likeness (QED) is 0.762. The van der Waals surface area contributed by atoms with E-state index >= 15 is 0 Å². The van der Waals surface area contributed by atoms with Gasteiger partial charge in [-0.05, 0) is 51.8 Å². The predicted octanol–water partition coefficient (Wildman–Crippen LogP) is 3.33. The number of aromatic nitrogens is 1. The first-order valence-corrected chi connectivity index (χ1v) is 9.50. The lowest BCUT2D eigenvalue weighted by Gasteiger charge is -2.19. The fourth-order valence-corrected chi connectivity index (χ4v) is 3.97. The molecule has 2 heterocycles. The fraction of sp³-hybridized carbons (Fsp3) is 0.455. The molecule has 1 aromatic carbocycles. The number of hydrogen-bond donors (Lipinski definition) is 1. The van der Waals surface area contributed by atoms with E-state index in [0.717, 1.165) is 29.9 Å². The van der Waals surface area contributed by atoms with Gasteiger partial charge in [-0.1, -0.05) is 30.3 Å². The summed E-state index contributed by atoms with van der Waals surface area (Å²) in [7, 11) is 0. The van der Waals surface area contributed by atoms with Crippen LogP contribution in [0.2, 0.25) is 0 Å². The van der Waals surface area contributed by atoms with Gasteiger partial charge in [-0.25, -0.2) is 0 Å². The van der Waals surface area contributed by atoms with E-state index < -0.39 is 11.4 Å². The number of Topliss-reactive ketones (excluding diaryl/α,β-unsaturated/α-hetero) is 1. The second-order valence-corrected chi connectivity index (χ2v) is 7.92. The molecule has 1 N–H and O–H groups in total. The monoisotopic (exact) mass is 368 g/mol. The van der Waals surface area contributed by atoms with Crippen LogP contribution in [0.1, 0.15) is 40.7 Å². The van der Waals surface area contributed by atoms with Crippen LogP contribution < -0.4 is 0 Å². The fourth-order valence-electron chi connectivity index (χ4n) is 3.97. The van der Waals surface area contributed by atoms with Crippen molar-refractivity contribution in [3.8, 4) is 0 Å². The Balaban J connectivity index is 1.67. The zero-order chi connectivity index (χ0) is 19.6. The van der Waals surface area contributed by atoms with E-state index in [9.17, 15) is 14.7 Å². The third-order valence-electron chi connectivity index (χ3n) is 5.78. The normalized spacial score (nSPS) is 20.1. The molecule has 1 aliphatic rings. The lowest BCUT2D eigenvalue weighted by molar-refractivity contribution is -0.147. The third-order valence-corrected chi connectivity index (χ3v) is 5.78. The summed E-state index contributed by atoms with van der Waals surface area (Å²) in [4.78, 5) is 26.2. The Morgan fingerprint density at radius 3 is 2.52 bits per heavy atom. The highest BCUT2D eigenvalue weighted by Crippen LogP contribution is 2.30. The smallest absolute Gasteiger partial charge is 0.310 e. The maximum atomic E-state index is 12.8. The number of benzene rings is 1. The highest BCUT2D eigenvalue weighted by atomic mass is 16.4. The Hall–Kier alpha value is -2.40. The van der Waals surface area contributed by atoms with Gasteiger partial charge in [-0.3, -0.25) is 14.5 Å². The summed E-state index contributed by atoms with van der Waals surface area (Å²) >= 11 is 0. The second kappa shape index (κ2) is 7.69. The predicted molar refractivity (Wildman–Crippen MR) is 105 cm³/mol. The van der Waals surface area contributed by atoms with E-state index in [1.54, 1.807) is 6.92 Å². The van der Waals surface area contributed by atoms with Gasteiger partial charge in [-0.15, -0.1) is 0 Å². The maximum Gasteiger partial charge on any atom is 0.310 e. The number of carbonyl (C=O) groups is 2. The van der Waals surface area contributed by atoms with Gasteiger partial charge in [0.2, 0.25) is 0 Å². The largest absolute Gasteiger partial charge is 0.481 e. The van der Waals surface area contributed by atoms with Gasteiger partial charge in [-0.2, -0.15) is 0 Å². The number of nitrogens with zero attached hydrogens (tertiary/aromatic N) is 2. The molecule has 1 fully saturated rings. The highest BCUT2D eigenvalue weighted by Gasteiger charge is 2.40. The molecular formula is C22H28N2O3. The molecule has 0 radical (unpaired) electrons. The van der Waals surface area contributed by atoms with Crippen LogP contribution in [0.3, 0.4) is 0 Å². The molecule has 1 atom stereocenters. The summed E-state index contributed by atoms with van der Waals surface area (Å²) in [5.74, 6) is -0.708. The standard InChI is InChI=1S/C22H28N2O3/c1-16-13-19(17(2)24(16)11-9-18-7-5-4-6-8-18)20(25)14-23-12-10-22(3,15-23)21(26)27/h4-8,13H,9-12,14-15H2,1-3H3,(H,26,27). The van der Waals surface area contributed by atoms with Crippen LogP contribution in [0.25, 0.3) is 0 Å². The third kappa shape index (κ3) is 4.14. The first-order chi connectivity index (χ1) is 12.8. The summed E-state index contributed by atoms with van der Waals surface area (Å²) in [5.41, 5.74) is 3.37. The van der Waals surface area contributed by atoms with Crippen LogP contribution in [-0.2, 0) is 17.8 Å². The lowest BCUT2D eigenvalue weighted by Crippen LogP contribution is -2.34. The molecule has 0 spiro atoms. The van der Waals surface area contributed by atoms with E-state index in [0.29, 0.717) is 19.5 Å². The molecule has 0 saturated carbocycles. The minimum absolute atomic E-state index is 0.0729. The van der Waals surface area contributed by atoms with Crippen LogP contribution >= 0.6 is 0 Å². The minimum atomic E-state index is -0.781. The summed E-state index contributed by atoms with van der Waals surface area (Å²) in [6.45, 7) is 8.00. The van der Waals surface area contributed by atoms with Crippen molar-refractivity contribution in [1.29, 1.82) is 0 Å². The Morgan fingerprint density at radius 1 is 1.19 bits per heavy atom. The molecule has 3 rings (SSSR count). The average molecular weight is 368 g/mol. The van der Waals surface area contributed by atoms with Crippen molar-refractivity contribution < 1.29 is 14.7 Å². The van der Waals surface area contributed by atoms with Crippen molar-refractivity contribution in [2.75, 3.05) is 19.6 Å². The molecule has 27 heavy (non-hydrogen) atoms. The van der Waals surface area contributed by atoms with Gasteiger partial charge in [0, 0.05) is 30.0 Å². The molecule has 144 valence electrons. The van der Waals surface area contributed by atoms with Crippen molar-refractivity contribution in [2.24, 2.45) is 5.41 Å². The van der Waals surface area contributed by atoms with Gasteiger partial charge >= 0.3 is 5.97 Å². The summed E-state index contributed by atoms with van der Waals surface area (Å²) in [5, 5.41) is 9.36. The Kier molecular flexibility index (Phi) is 5.51. The van der Waals surface area contributed by atoms with E-state index in [4.69, 9.17) is 0 Å². The Morgan fingerprint density at radius 2 is 1.89 bits per heavy atom. The molecular weight excluding hydrogens is 340 g/mol. The van der Waals surface area contributed by atoms with Crippen molar-refractivity contribution in [3.05, 3.63) is 58.9 Å². The van der Waals surface area contributed by atoms with Crippen LogP contribution in [0.15, 0.2) is 36.4 Å². The average Bonchev–Trinajstić information content (AvgIpc) is 3.15. The van der Waals surface area contributed by atoms with Gasteiger partial charge in [0.25, 0.3) is 0 Å². The Bertz CT molecular complexity index is 841. The summed E-state index contributed by atoms with van der Waals surface area (Å²) < 4.78 is 2.20. The van der Waals surface area contributed by atoms with Crippen molar-refractivity contribution in [1.82, 2.24) is 9.47 Å². The zero-order valence-electron chi connectivity index (χ0n) is 16.4. The van der Waals surface area contributed by atoms with Gasteiger partial charge in [0.05, 0.1) is 12.0 Å². The van der Waals surface area contributed by atoms with Crippen molar-refractivity contribution in [3.63, 3.8) is 0 Å². The number of carboxylic acid groups (broad SMARTS) is 1. The number of hydrogen-bond acceptors (Lipinski definition) is 3. The van der Waals surface area contributed by atoms with Crippen LogP contribution in [0, 0.1) is 19.3 Å². The first kappa shape index (κ1) is 19.4. The van der Waals surface area contributed by atoms with Crippen LogP contribution in [0.4, 0.5) is 0 Å². The van der Waals surface area contributed by atoms with Gasteiger partial charge in [0.15, 0.2) is 5.78 Å². The molecule has 1 aliphatic heterocycles. The second-order valence-electron chi connectivity index (χ2n) is 7.92. The number of carbonyl (C=O) groups excluding carboxylic acids is 1. The number of carboxylic acids is 1. The van der Waals surface area contributed by atoms with Gasteiger partial charge < -0.3 is 9.67 Å². The van der Waals surface area contributed by atoms with Crippen LogP contribution in [0.5, 0.6) is 0 Å². The highest BCUT2D eigenvalue weighted by molar-refractivity contribution is 5.99. The molecule has 0 amide bonds. The number of rotatable bonds is 7. The number of ketones is 1. The molecule has 1 saturated heterocycles. The number of aliphatic carboxylic acids is 1. The summed E-state index contributed by atoms with van der Waals surface area (Å²) in [6, 6.07) is 12.3. The lowest BCUT2D eigenvalue weighted by atomic mass is 9.90. The molecule has 1 unspecified atom stereocenters. The van der Waals surface area contributed by atoms with Crippen molar-refractivity contribution >= 4 is 11.8 Å². The van der Waals surface area contributed by atoms with E-state index in [1.807, 2.05) is 43.0 Å². The maximum absolute atomic E-state index is 12.8. The molecule has 2 aromatic rings. The molecule has 1 aromatic heterocycles. The number of aryl methyl sites for hydroxylation is 2. The van der Waals surface area contributed by atoms with Crippen molar-refractivity contribution in [2.45, 2.75) is 40.2 Å². The molecule has 0 bridgehead atoms. The first-order valence-electron chi connectivity index (χ1n) is 9.50. The van der Waals surface area contributed by atoms with E-state index in [1.165, 1.54) is 5.56 Å². The minimum Gasteiger partial charge on any atom is -0.481 e.